The lowest BCUT2D eigenvalue weighted by molar-refractivity contribution is -0.258. The Balaban J connectivity index is 1.91. The number of hydroxylamine groups is 2. The summed E-state index contributed by atoms with van der Waals surface area (Å²) < 4.78 is 67.6. The summed E-state index contributed by atoms with van der Waals surface area (Å²) >= 11 is 5.25. The number of amides is 1. The third-order valence-electron chi connectivity index (χ3n) is 6.37. The molecule has 1 heterocycles. The molecule has 1 amide bonds. The van der Waals surface area contributed by atoms with Crippen LogP contribution < -0.4 is 4.90 Å². The van der Waals surface area contributed by atoms with Crippen LogP contribution in [0.25, 0.3) is 0 Å². The molecule has 36 heavy (non-hydrogen) atoms. The third kappa shape index (κ3) is 5.65. The second-order valence-electron chi connectivity index (χ2n) is 8.69. The summed E-state index contributed by atoms with van der Waals surface area (Å²) in [6.07, 6.45) is 0.220. The Bertz CT molecular complexity index is 1160. The Morgan fingerprint density at radius 3 is 2.44 bits per heavy atom. The van der Waals surface area contributed by atoms with Crippen LogP contribution in [0.5, 0.6) is 0 Å². The highest BCUT2D eigenvalue weighted by atomic mass is 32.2. The summed E-state index contributed by atoms with van der Waals surface area (Å²) in [5.41, 5.74) is -2.88. The third-order valence-corrected chi connectivity index (χ3v) is 8.84. The molecular formula is C23H28F3N3O5S2. The van der Waals surface area contributed by atoms with E-state index in [-0.39, 0.29) is 36.5 Å². The first-order valence-corrected chi connectivity index (χ1v) is 12.9. The fourth-order valence-corrected chi connectivity index (χ4v) is 6.10. The van der Waals surface area contributed by atoms with Gasteiger partial charge in [-0.2, -0.15) is 17.5 Å². The average molecular weight is 548 g/mol. The van der Waals surface area contributed by atoms with Crippen LogP contribution in [0, 0.1) is 0 Å². The normalized spacial score (nSPS) is 21.2. The highest BCUT2D eigenvalue weighted by Crippen LogP contribution is 2.39. The minimum Gasteiger partial charge on any atom is -0.376 e. The standard InChI is InChI=1S/C23H28F3N3O5S2/c1-22(31,23(24,25)26)16-8-10-17(11-9-16)29-13-12-28(15-18(29)14-21(30)27(2)34-3)36(32,33)20-7-5-4-6-19(20)35/h4-5,7-11,18,31H,6,12-15H2,1-3H3/t18-,22?/m0/s1. The number of carbonyl (C=O) groups excluding carboxylic acids is 1. The summed E-state index contributed by atoms with van der Waals surface area (Å²) in [7, 11) is -1.17. The smallest absolute Gasteiger partial charge is 0.376 e. The number of allylic oxidation sites excluding steroid dienone is 4. The first kappa shape index (κ1) is 28.3. The lowest BCUT2D eigenvalue weighted by atomic mass is 9.95. The quantitative estimate of drug-likeness (QED) is 0.415. The molecule has 3 rings (SSSR count). The van der Waals surface area contributed by atoms with E-state index in [9.17, 15) is 31.5 Å². The maximum atomic E-state index is 13.3. The van der Waals surface area contributed by atoms with E-state index in [1.54, 1.807) is 17.1 Å². The molecule has 0 radical (unpaired) electrons. The molecular weight excluding hydrogens is 519 g/mol. The maximum Gasteiger partial charge on any atom is 0.421 e. The zero-order chi connectivity index (χ0) is 26.9. The molecule has 8 nitrogen and oxygen atoms in total. The Labute approximate surface area is 213 Å². The molecule has 198 valence electrons. The van der Waals surface area contributed by atoms with Gasteiger partial charge in [0.15, 0.2) is 5.60 Å². The van der Waals surface area contributed by atoms with Crippen LogP contribution in [0.15, 0.2) is 47.4 Å². The van der Waals surface area contributed by atoms with Crippen molar-refractivity contribution in [2.45, 2.75) is 37.6 Å². The number of carbonyl (C=O) groups is 1. The van der Waals surface area contributed by atoms with E-state index in [0.29, 0.717) is 23.9 Å². The van der Waals surface area contributed by atoms with Crippen LogP contribution in [-0.2, 0) is 25.3 Å². The van der Waals surface area contributed by atoms with Gasteiger partial charge < -0.3 is 10.0 Å². The Morgan fingerprint density at radius 2 is 1.89 bits per heavy atom. The molecule has 1 N–H and O–H groups in total. The van der Waals surface area contributed by atoms with Gasteiger partial charge in [-0.05, 0) is 30.7 Å². The van der Waals surface area contributed by atoms with Crippen molar-refractivity contribution in [3.05, 3.63) is 53.0 Å². The number of piperazine rings is 1. The number of rotatable bonds is 7. The number of sulfonamides is 1. The second-order valence-corrected chi connectivity index (χ2v) is 11.1. The molecule has 1 aromatic carbocycles. The van der Waals surface area contributed by atoms with Gasteiger partial charge in [-0.25, -0.2) is 13.5 Å². The van der Waals surface area contributed by atoms with E-state index in [0.717, 1.165) is 5.06 Å². The van der Waals surface area contributed by atoms with Gasteiger partial charge in [0.2, 0.25) is 15.9 Å². The molecule has 2 aliphatic rings. The predicted octanol–water partition coefficient (Wildman–Crippen LogP) is 2.90. The number of thiocarbonyl (C=S) groups is 1. The molecule has 1 saturated heterocycles. The molecule has 0 spiro atoms. The van der Waals surface area contributed by atoms with Gasteiger partial charge in [-0.1, -0.05) is 36.5 Å². The molecule has 1 aliphatic heterocycles. The number of aliphatic hydroxyl groups is 1. The van der Waals surface area contributed by atoms with Crippen LogP contribution in [0.4, 0.5) is 18.9 Å². The molecule has 0 aromatic heterocycles. The minimum atomic E-state index is -4.86. The number of benzene rings is 1. The summed E-state index contributed by atoms with van der Waals surface area (Å²) in [5.74, 6) is -0.404. The van der Waals surface area contributed by atoms with Crippen LogP contribution in [0.2, 0.25) is 0 Å². The molecule has 1 aromatic rings. The fraction of sp³-hybridized carbons (Fsp3) is 0.478. The van der Waals surface area contributed by atoms with Crippen molar-refractivity contribution < 1.29 is 36.3 Å². The highest BCUT2D eigenvalue weighted by molar-refractivity contribution is 7.96. The van der Waals surface area contributed by atoms with Gasteiger partial charge in [0, 0.05) is 43.7 Å². The van der Waals surface area contributed by atoms with Crippen molar-refractivity contribution in [1.82, 2.24) is 9.37 Å². The molecule has 0 bridgehead atoms. The maximum absolute atomic E-state index is 13.3. The van der Waals surface area contributed by atoms with Gasteiger partial charge in [-0.15, -0.1) is 0 Å². The minimum absolute atomic E-state index is 0.0443. The summed E-state index contributed by atoms with van der Waals surface area (Å²) in [5, 5.41) is 11.0. The monoisotopic (exact) mass is 547 g/mol. The number of anilines is 1. The topological polar surface area (TPSA) is 90.4 Å². The summed E-state index contributed by atoms with van der Waals surface area (Å²) in [4.78, 5) is 19.7. The Hall–Kier alpha value is -2.32. The fourth-order valence-electron chi connectivity index (χ4n) is 4.03. The SMILES string of the molecule is CON(C)C(=O)C[C@H]1CN(S(=O)(=O)C2=CC=CCC2=S)CCN1c1ccc(C(C)(O)C(F)(F)F)cc1. The van der Waals surface area contributed by atoms with E-state index in [1.807, 2.05) is 0 Å². The molecule has 0 saturated carbocycles. The van der Waals surface area contributed by atoms with Crippen molar-refractivity contribution >= 4 is 38.7 Å². The predicted molar refractivity (Wildman–Crippen MR) is 133 cm³/mol. The van der Waals surface area contributed by atoms with E-state index in [2.05, 4.69) is 0 Å². The van der Waals surface area contributed by atoms with Crippen LogP contribution >= 0.6 is 12.2 Å². The molecule has 1 aliphatic carbocycles. The number of hydrogen-bond acceptors (Lipinski definition) is 7. The molecule has 2 atom stereocenters. The van der Waals surface area contributed by atoms with Crippen LogP contribution in [0.1, 0.15) is 25.3 Å². The van der Waals surface area contributed by atoms with E-state index in [1.165, 1.54) is 48.8 Å². The van der Waals surface area contributed by atoms with Crippen molar-refractivity contribution in [3.63, 3.8) is 0 Å². The van der Waals surface area contributed by atoms with E-state index < -0.39 is 33.7 Å². The van der Waals surface area contributed by atoms with E-state index >= 15 is 0 Å². The lowest BCUT2D eigenvalue weighted by Crippen LogP contribution is -2.56. The van der Waals surface area contributed by atoms with Gasteiger partial charge >= 0.3 is 6.18 Å². The average Bonchev–Trinajstić information content (AvgIpc) is 2.83. The summed E-state index contributed by atoms with van der Waals surface area (Å²) in [6, 6.07) is 4.54. The van der Waals surface area contributed by atoms with Crippen molar-refractivity contribution in [2.24, 2.45) is 0 Å². The Morgan fingerprint density at radius 1 is 1.25 bits per heavy atom. The molecule has 13 heteroatoms. The molecule has 1 fully saturated rings. The molecule has 1 unspecified atom stereocenters. The van der Waals surface area contributed by atoms with Crippen molar-refractivity contribution in [1.29, 1.82) is 0 Å². The van der Waals surface area contributed by atoms with Gasteiger partial charge in [0.05, 0.1) is 24.5 Å². The number of hydrogen-bond donors (Lipinski definition) is 1. The largest absolute Gasteiger partial charge is 0.421 e. The zero-order valence-electron chi connectivity index (χ0n) is 20.0. The number of nitrogens with zero attached hydrogens (tertiary/aromatic N) is 3. The number of halogens is 3. The first-order valence-electron chi connectivity index (χ1n) is 11.1. The number of alkyl halides is 3. The van der Waals surface area contributed by atoms with Crippen LogP contribution in [-0.4, -0.2) is 79.7 Å². The van der Waals surface area contributed by atoms with Crippen molar-refractivity contribution in [2.75, 3.05) is 38.7 Å². The van der Waals surface area contributed by atoms with Crippen molar-refractivity contribution in [3.8, 4) is 0 Å². The Kier molecular flexibility index (Phi) is 8.30. The second kappa shape index (κ2) is 10.6. The van der Waals surface area contributed by atoms with E-state index in [4.69, 9.17) is 17.1 Å². The zero-order valence-corrected chi connectivity index (χ0v) is 21.7. The lowest BCUT2D eigenvalue weighted by Gasteiger charge is -2.42. The highest BCUT2D eigenvalue weighted by Gasteiger charge is 2.51. The summed E-state index contributed by atoms with van der Waals surface area (Å²) in [6.45, 7) is 0.891. The van der Waals surface area contributed by atoms with Crippen LogP contribution in [0.3, 0.4) is 0 Å². The van der Waals surface area contributed by atoms with Gasteiger partial charge in [0.25, 0.3) is 0 Å². The first-order chi connectivity index (χ1) is 16.7. The van der Waals surface area contributed by atoms with Gasteiger partial charge in [-0.3, -0.25) is 9.63 Å². The van der Waals surface area contributed by atoms with Gasteiger partial charge in [0.1, 0.15) is 0 Å².